The van der Waals surface area contributed by atoms with Crippen molar-refractivity contribution in [2.75, 3.05) is 12.9 Å². The Bertz CT molecular complexity index is 360. The molecule has 0 spiro atoms. The van der Waals surface area contributed by atoms with Gasteiger partial charge in [0.15, 0.2) is 0 Å². The van der Waals surface area contributed by atoms with E-state index in [-0.39, 0.29) is 18.7 Å². The van der Waals surface area contributed by atoms with Gasteiger partial charge >= 0.3 is 0 Å². The fraction of sp³-hybridized carbons (Fsp3) is 0.538. The summed E-state index contributed by atoms with van der Waals surface area (Å²) in [5, 5.41) is 12.5. The zero-order valence-corrected chi connectivity index (χ0v) is 11.5. The third-order valence-electron chi connectivity index (χ3n) is 2.91. The third kappa shape index (κ3) is 4.22. The molecule has 96 valence electrons. The minimum absolute atomic E-state index is 0.130. The molecular formula is C13H21NO2S. The number of rotatable bonds is 6. The number of benzene rings is 1. The first-order valence-corrected chi connectivity index (χ1v) is 7.44. The number of nitrogens with one attached hydrogen (secondary N) is 1. The molecule has 0 aromatic heterocycles. The van der Waals surface area contributed by atoms with Crippen LogP contribution in [-0.2, 0) is 10.8 Å². The van der Waals surface area contributed by atoms with Crippen LogP contribution in [0.4, 0.5) is 0 Å². The molecular weight excluding hydrogens is 234 g/mol. The molecule has 0 aliphatic rings. The van der Waals surface area contributed by atoms with Crippen LogP contribution in [0.15, 0.2) is 29.2 Å². The van der Waals surface area contributed by atoms with E-state index in [9.17, 15) is 4.21 Å². The molecule has 1 aromatic carbocycles. The molecule has 3 unspecified atom stereocenters. The maximum absolute atomic E-state index is 11.3. The van der Waals surface area contributed by atoms with Gasteiger partial charge in [-0.2, -0.15) is 0 Å². The highest BCUT2D eigenvalue weighted by Gasteiger charge is 2.10. The van der Waals surface area contributed by atoms with Gasteiger partial charge in [-0.3, -0.25) is 4.21 Å². The molecule has 0 saturated carbocycles. The summed E-state index contributed by atoms with van der Waals surface area (Å²) in [6.07, 6.45) is 2.58. The summed E-state index contributed by atoms with van der Waals surface area (Å²) in [5.74, 6) is 0. The van der Waals surface area contributed by atoms with Crippen LogP contribution in [0.5, 0.6) is 0 Å². The van der Waals surface area contributed by atoms with Gasteiger partial charge in [0.1, 0.15) is 0 Å². The Morgan fingerprint density at radius 1 is 1.35 bits per heavy atom. The molecule has 0 heterocycles. The quantitative estimate of drug-likeness (QED) is 0.815. The lowest BCUT2D eigenvalue weighted by molar-refractivity contribution is 0.230. The molecule has 0 radical (unpaired) electrons. The molecule has 4 heteroatoms. The lowest BCUT2D eigenvalue weighted by Crippen LogP contribution is -2.33. The van der Waals surface area contributed by atoms with Crippen LogP contribution in [0.3, 0.4) is 0 Å². The SMILES string of the molecule is CCC(CO)NC(C)c1ccc(S(C)=O)cc1. The predicted molar refractivity (Wildman–Crippen MR) is 71.5 cm³/mol. The van der Waals surface area contributed by atoms with Crippen LogP contribution in [-0.4, -0.2) is 28.2 Å². The summed E-state index contributed by atoms with van der Waals surface area (Å²) >= 11 is 0. The molecule has 0 amide bonds. The number of hydrogen-bond donors (Lipinski definition) is 2. The molecule has 1 aromatic rings. The highest BCUT2D eigenvalue weighted by Crippen LogP contribution is 2.15. The molecule has 0 fully saturated rings. The standard InChI is InChI=1S/C13H21NO2S/c1-4-12(9-15)14-10(2)11-5-7-13(8-6-11)17(3)16/h5-8,10,12,14-15H,4,9H2,1-3H3. The second-order valence-corrected chi connectivity index (χ2v) is 5.58. The topological polar surface area (TPSA) is 49.3 Å². The van der Waals surface area contributed by atoms with Crippen LogP contribution >= 0.6 is 0 Å². The first-order valence-electron chi connectivity index (χ1n) is 5.88. The van der Waals surface area contributed by atoms with Crippen LogP contribution in [0.2, 0.25) is 0 Å². The molecule has 0 bridgehead atoms. The Hall–Kier alpha value is -0.710. The zero-order valence-electron chi connectivity index (χ0n) is 10.6. The van der Waals surface area contributed by atoms with Crippen molar-refractivity contribution in [3.63, 3.8) is 0 Å². The van der Waals surface area contributed by atoms with Crippen molar-refractivity contribution in [1.82, 2.24) is 5.32 Å². The first-order chi connectivity index (χ1) is 8.08. The second-order valence-electron chi connectivity index (χ2n) is 4.20. The van der Waals surface area contributed by atoms with Gasteiger partial charge in [0.05, 0.1) is 6.61 Å². The van der Waals surface area contributed by atoms with Gasteiger partial charge in [0.25, 0.3) is 0 Å². The van der Waals surface area contributed by atoms with E-state index in [0.29, 0.717) is 0 Å². The second kappa shape index (κ2) is 6.89. The number of hydrogen-bond acceptors (Lipinski definition) is 3. The van der Waals surface area contributed by atoms with Crippen molar-refractivity contribution >= 4 is 10.8 Å². The molecule has 1 rings (SSSR count). The molecule has 0 aliphatic carbocycles. The van der Waals surface area contributed by atoms with E-state index in [1.54, 1.807) is 6.26 Å². The van der Waals surface area contributed by atoms with Crippen LogP contribution in [0.25, 0.3) is 0 Å². The summed E-state index contributed by atoms with van der Waals surface area (Å²) in [4.78, 5) is 0.843. The minimum atomic E-state index is -0.925. The zero-order chi connectivity index (χ0) is 12.8. The van der Waals surface area contributed by atoms with Crippen molar-refractivity contribution in [2.45, 2.75) is 37.2 Å². The first kappa shape index (κ1) is 14.4. The minimum Gasteiger partial charge on any atom is -0.395 e. The largest absolute Gasteiger partial charge is 0.395 e. The van der Waals surface area contributed by atoms with Crippen molar-refractivity contribution < 1.29 is 9.32 Å². The molecule has 0 saturated heterocycles. The lowest BCUT2D eigenvalue weighted by Gasteiger charge is -2.20. The fourth-order valence-electron chi connectivity index (χ4n) is 1.70. The molecule has 3 atom stereocenters. The number of aliphatic hydroxyl groups is 1. The monoisotopic (exact) mass is 255 g/mol. The summed E-state index contributed by atoms with van der Waals surface area (Å²) in [5.41, 5.74) is 1.14. The van der Waals surface area contributed by atoms with Gasteiger partial charge in [-0.05, 0) is 31.0 Å². The van der Waals surface area contributed by atoms with E-state index in [1.807, 2.05) is 31.2 Å². The highest BCUT2D eigenvalue weighted by atomic mass is 32.2. The number of aliphatic hydroxyl groups excluding tert-OH is 1. The lowest BCUT2D eigenvalue weighted by atomic mass is 10.1. The molecule has 0 aliphatic heterocycles. The Morgan fingerprint density at radius 2 is 1.94 bits per heavy atom. The van der Waals surface area contributed by atoms with Crippen molar-refractivity contribution in [3.05, 3.63) is 29.8 Å². The smallest absolute Gasteiger partial charge is 0.0584 e. The van der Waals surface area contributed by atoms with E-state index in [1.165, 1.54) is 0 Å². The Morgan fingerprint density at radius 3 is 2.35 bits per heavy atom. The molecule has 2 N–H and O–H groups in total. The van der Waals surface area contributed by atoms with E-state index in [4.69, 9.17) is 5.11 Å². The van der Waals surface area contributed by atoms with Gasteiger partial charge in [0, 0.05) is 34.0 Å². The maximum atomic E-state index is 11.3. The average molecular weight is 255 g/mol. The van der Waals surface area contributed by atoms with Gasteiger partial charge in [-0.1, -0.05) is 19.1 Å². The highest BCUT2D eigenvalue weighted by molar-refractivity contribution is 7.84. The van der Waals surface area contributed by atoms with Crippen LogP contribution in [0, 0.1) is 0 Å². The summed E-state index contributed by atoms with van der Waals surface area (Å²) in [6, 6.07) is 8.07. The summed E-state index contributed by atoms with van der Waals surface area (Å²) in [6.45, 7) is 4.26. The van der Waals surface area contributed by atoms with Gasteiger partial charge < -0.3 is 10.4 Å². The normalized spacial score (nSPS) is 16.5. The predicted octanol–water partition coefficient (Wildman–Crippen LogP) is 1.85. The van der Waals surface area contributed by atoms with E-state index >= 15 is 0 Å². The van der Waals surface area contributed by atoms with Crippen LogP contribution in [0.1, 0.15) is 31.9 Å². The Balaban J connectivity index is 2.69. The van der Waals surface area contributed by atoms with Gasteiger partial charge in [0.2, 0.25) is 0 Å². The van der Waals surface area contributed by atoms with Crippen molar-refractivity contribution in [3.8, 4) is 0 Å². The van der Waals surface area contributed by atoms with E-state index in [2.05, 4.69) is 12.2 Å². The fourth-order valence-corrected chi connectivity index (χ4v) is 2.22. The van der Waals surface area contributed by atoms with Crippen molar-refractivity contribution in [1.29, 1.82) is 0 Å². The third-order valence-corrected chi connectivity index (χ3v) is 3.85. The van der Waals surface area contributed by atoms with Crippen LogP contribution < -0.4 is 5.32 Å². The molecule has 17 heavy (non-hydrogen) atoms. The van der Waals surface area contributed by atoms with Gasteiger partial charge in [-0.25, -0.2) is 0 Å². The van der Waals surface area contributed by atoms with Crippen molar-refractivity contribution in [2.24, 2.45) is 0 Å². The van der Waals surface area contributed by atoms with E-state index < -0.39 is 10.8 Å². The van der Waals surface area contributed by atoms with Gasteiger partial charge in [-0.15, -0.1) is 0 Å². The Labute approximate surface area is 106 Å². The summed E-state index contributed by atoms with van der Waals surface area (Å²) in [7, 11) is -0.925. The Kier molecular flexibility index (Phi) is 5.82. The molecule has 3 nitrogen and oxygen atoms in total. The summed E-state index contributed by atoms with van der Waals surface area (Å²) < 4.78 is 11.3. The average Bonchev–Trinajstić information content (AvgIpc) is 2.35. The van der Waals surface area contributed by atoms with E-state index in [0.717, 1.165) is 16.9 Å². The maximum Gasteiger partial charge on any atom is 0.0584 e.